The maximum atomic E-state index is 12.6. The molecule has 0 aromatic rings. The second kappa shape index (κ2) is 21.3. The highest BCUT2D eigenvalue weighted by Gasteiger charge is 2.26. The number of carbonyl (C=O) groups excluding carboxylic acids is 6. The number of hydrogen-bond acceptors (Lipinski definition) is 12. The van der Waals surface area contributed by atoms with Gasteiger partial charge in [-0.3, -0.25) is 33.0 Å². The molecule has 0 saturated carbocycles. The predicted octanol–water partition coefficient (Wildman–Crippen LogP) is -0.504. The summed E-state index contributed by atoms with van der Waals surface area (Å²) in [6, 6.07) is -1.18. The maximum Gasteiger partial charge on any atom is 0.305 e. The number of carbonyl (C=O) groups is 6. The van der Waals surface area contributed by atoms with Crippen molar-refractivity contribution in [3.63, 3.8) is 0 Å². The fraction of sp³-hybridized carbons (Fsp3) is 0.760. The minimum Gasteiger partial charge on any atom is -0.462 e. The van der Waals surface area contributed by atoms with Crippen LogP contribution in [0.25, 0.3) is 0 Å². The number of hydrogen-bond donors (Lipinski definition) is 3. The van der Waals surface area contributed by atoms with Crippen molar-refractivity contribution in [3.05, 3.63) is 0 Å². The standard InChI is InChI=1S/C25H42N2O11S/c1-3-24(33)37-14-19(38-25(34)4-2)15-39(35)16-20(26)22(31)12-17(13-28)21(30)6-5-10-36-11-9-18(29)7-8-23(27)32/h17,19-20,28H,3-16,26H2,1-2H3,(H2,27,32). The zero-order valence-corrected chi connectivity index (χ0v) is 23.5. The van der Waals surface area contributed by atoms with E-state index in [4.69, 9.17) is 25.7 Å². The van der Waals surface area contributed by atoms with E-state index in [1.54, 1.807) is 13.8 Å². The summed E-state index contributed by atoms with van der Waals surface area (Å²) in [5.74, 6) is -4.12. The Bertz CT molecular complexity index is 850. The molecule has 0 saturated heterocycles. The van der Waals surface area contributed by atoms with E-state index in [0.29, 0.717) is 6.42 Å². The third kappa shape index (κ3) is 18.4. The number of amides is 1. The van der Waals surface area contributed by atoms with E-state index in [1.165, 1.54) is 0 Å². The first-order valence-electron chi connectivity index (χ1n) is 12.9. The first-order valence-corrected chi connectivity index (χ1v) is 14.4. The Kier molecular flexibility index (Phi) is 19.9. The SMILES string of the molecule is CCC(=O)OCC(CS(=O)CC(N)C(=O)CC(CO)C(=O)CCCOCCC(=O)CCC(N)=O)OC(=O)CC. The quantitative estimate of drug-likeness (QED) is 0.0974. The van der Waals surface area contributed by atoms with Gasteiger partial charge < -0.3 is 30.8 Å². The molecule has 0 aromatic heterocycles. The lowest BCUT2D eigenvalue weighted by molar-refractivity contribution is -0.157. The Morgan fingerprint density at radius 2 is 1.54 bits per heavy atom. The van der Waals surface area contributed by atoms with Crippen LogP contribution in [0.15, 0.2) is 0 Å². The lowest BCUT2D eigenvalue weighted by atomic mass is 9.93. The Balaban J connectivity index is 4.53. The second-order valence-electron chi connectivity index (χ2n) is 8.87. The number of ketones is 3. The van der Waals surface area contributed by atoms with Gasteiger partial charge in [0.2, 0.25) is 5.91 Å². The van der Waals surface area contributed by atoms with Crippen LogP contribution in [0, 0.1) is 5.92 Å². The van der Waals surface area contributed by atoms with Crippen LogP contribution in [0.3, 0.4) is 0 Å². The molecule has 0 aromatic carbocycles. The Morgan fingerprint density at radius 3 is 2.13 bits per heavy atom. The Hall–Kier alpha value is -2.55. The van der Waals surface area contributed by atoms with Gasteiger partial charge in [0.25, 0.3) is 0 Å². The van der Waals surface area contributed by atoms with Crippen LogP contribution in [0.5, 0.6) is 0 Å². The van der Waals surface area contributed by atoms with Crippen LogP contribution in [0.4, 0.5) is 0 Å². The maximum absolute atomic E-state index is 12.6. The summed E-state index contributed by atoms with van der Waals surface area (Å²) in [4.78, 5) is 70.2. The van der Waals surface area contributed by atoms with E-state index in [1.807, 2.05) is 0 Å². The van der Waals surface area contributed by atoms with Crippen molar-refractivity contribution in [1.82, 2.24) is 0 Å². The highest BCUT2D eigenvalue weighted by molar-refractivity contribution is 7.85. The number of ether oxygens (including phenoxy) is 3. The number of nitrogens with two attached hydrogens (primary N) is 2. The van der Waals surface area contributed by atoms with E-state index < -0.39 is 59.1 Å². The number of esters is 2. The van der Waals surface area contributed by atoms with Crippen LogP contribution in [-0.2, 0) is 53.8 Å². The third-order valence-corrected chi connectivity index (χ3v) is 6.94. The summed E-state index contributed by atoms with van der Waals surface area (Å²) in [5.41, 5.74) is 10.9. The van der Waals surface area contributed by atoms with Crippen molar-refractivity contribution in [2.24, 2.45) is 17.4 Å². The highest BCUT2D eigenvalue weighted by Crippen LogP contribution is 2.12. The zero-order chi connectivity index (χ0) is 29.8. The molecule has 0 rings (SSSR count). The van der Waals surface area contributed by atoms with E-state index >= 15 is 0 Å². The average molecular weight is 579 g/mol. The lowest BCUT2D eigenvalue weighted by Gasteiger charge is -2.19. The monoisotopic (exact) mass is 578 g/mol. The molecule has 5 N–H and O–H groups in total. The molecule has 39 heavy (non-hydrogen) atoms. The minimum absolute atomic E-state index is 0.0146. The van der Waals surface area contributed by atoms with Crippen LogP contribution >= 0.6 is 0 Å². The fourth-order valence-corrected chi connectivity index (χ4v) is 4.45. The molecule has 0 heterocycles. The summed E-state index contributed by atoms with van der Waals surface area (Å²) in [6.07, 6.45) is -0.575. The van der Waals surface area contributed by atoms with Crippen molar-refractivity contribution in [3.8, 4) is 0 Å². The Labute approximate surface area is 231 Å². The molecule has 4 atom stereocenters. The molecule has 13 nitrogen and oxygen atoms in total. The number of aliphatic hydroxyl groups excluding tert-OH is 1. The van der Waals surface area contributed by atoms with E-state index in [9.17, 15) is 38.1 Å². The van der Waals surface area contributed by atoms with Crippen LogP contribution in [-0.4, -0.2) is 94.6 Å². The van der Waals surface area contributed by atoms with Crippen molar-refractivity contribution in [2.45, 2.75) is 77.4 Å². The first-order chi connectivity index (χ1) is 18.4. The first kappa shape index (κ1) is 36.5. The van der Waals surface area contributed by atoms with E-state index in [-0.39, 0.29) is 87.8 Å². The highest BCUT2D eigenvalue weighted by atomic mass is 32.2. The molecular formula is C25H42N2O11S. The molecule has 4 unspecified atom stereocenters. The molecule has 0 aliphatic carbocycles. The molecule has 0 aliphatic rings. The van der Waals surface area contributed by atoms with Crippen LogP contribution in [0.1, 0.15) is 65.2 Å². The predicted molar refractivity (Wildman–Crippen MR) is 141 cm³/mol. The van der Waals surface area contributed by atoms with Gasteiger partial charge in [0.15, 0.2) is 5.78 Å². The molecule has 224 valence electrons. The second-order valence-corrected chi connectivity index (χ2v) is 10.4. The van der Waals surface area contributed by atoms with Crippen molar-refractivity contribution in [1.29, 1.82) is 0 Å². The molecule has 0 aliphatic heterocycles. The van der Waals surface area contributed by atoms with Gasteiger partial charge in [-0.2, -0.15) is 0 Å². The van der Waals surface area contributed by atoms with Crippen LogP contribution in [0.2, 0.25) is 0 Å². The number of rotatable bonds is 24. The smallest absolute Gasteiger partial charge is 0.305 e. The Morgan fingerprint density at radius 1 is 0.872 bits per heavy atom. The number of Topliss-reactive ketones (excluding diaryl/α,β-unsaturated/α-hetero) is 3. The van der Waals surface area contributed by atoms with Gasteiger partial charge in [0, 0.05) is 74.0 Å². The molecule has 14 heteroatoms. The van der Waals surface area contributed by atoms with Gasteiger partial charge in [0.1, 0.15) is 24.3 Å². The van der Waals surface area contributed by atoms with Gasteiger partial charge in [-0.05, 0) is 6.42 Å². The summed E-state index contributed by atoms with van der Waals surface area (Å²) < 4.78 is 28.0. The normalized spacial score (nSPS) is 14.1. The van der Waals surface area contributed by atoms with Gasteiger partial charge in [-0.25, -0.2) is 0 Å². The van der Waals surface area contributed by atoms with Crippen LogP contribution < -0.4 is 11.5 Å². The van der Waals surface area contributed by atoms with Gasteiger partial charge >= 0.3 is 11.9 Å². The van der Waals surface area contributed by atoms with E-state index in [0.717, 1.165) is 0 Å². The van der Waals surface area contributed by atoms with Crippen molar-refractivity contribution >= 4 is 46.0 Å². The molecule has 1 amide bonds. The van der Waals surface area contributed by atoms with Crippen molar-refractivity contribution in [2.75, 3.05) is 37.9 Å². The molecule has 0 fully saturated rings. The lowest BCUT2D eigenvalue weighted by Crippen LogP contribution is -2.40. The summed E-state index contributed by atoms with van der Waals surface area (Å²) in [5, 5.41) is 9.59. The third-order valence-electron chi connectivity index (χ3n) is 5.47. The summed E-state index contributed by atoms with van der Waals surface area (Å²) in [7, 11) is -1.70. The molecule has 0 radical (unpaired) electrons. The largest absolute Gasteiger partial charge is 0.462 e. The molecule has 0 spiro atoms. The van der Waals surface area contributed by atoms with Gasteiger partial charge in [-0.15, -0.1) is 0 Å². The summed E-state index contributed by atoms with van der Waals surface area (Å²) >= 11 is 0. The topological polar surface area (TPSA) is 219 Å². The van der Waals surface area contributed by atoms with Crippen molar-refractivity contribution < 1.29 is 52.3 Å². The zero-order valence-electron chi connectivity index (χ0n) is 22.7. The molecule has 0 bridgehead atoms. The number of aliphatic hydroxyl groups is 1. The summed E-state index contributed by atoms with van der Waals surface area (Å²) in [6.45, 7) is 2.67. The van der Waals surface area contributed by atoms with E-state index in [2.05, 4.69) is 0 Å². The average Bonchev–Trinajstić information content (AvgIpc) is 2.89. The fourth-order valence-electron chi connectivity index (χ4n) is 3.14. The van der Waals surface area contributed by atoms with Gasteiger partial charge in [0.05, 0.1) is 25.0 Å². The minimum atomic E-state index is -1.70. The number of primary amides is 1. The molecular weight excluding hydrogens is 536 g/mol. The van der Waals surface area contributed by atoms with Gasteiger partial charge in [-0.1, -0.05) is 13.8 Å².